The molecule has 0 aromatic heterocycles. The number of nitriles is 1. The number of aromatic carboxylic acids is 1. The number of nitrogens with zero attached hydrogens (tertiary/aromatic N) is 3. The van der Waals surface area contributed by atoms with Gasteiger partial charge in [-0.1, -0.05) is 18.2 Å². The van der Waals surface area contributed by atoms with Crippen LogP contribution in [-0.4, -0.2) is 59.5 Å². The average molecular weight is 301 g/mol. The Balaban J connectivity index is 1.92. The van der Waals surface area contributed by atoms with Crippen molar-refractivity contribution in [3.8, 4) is 6.07 Å². The van der Waals surface area contributed by atoms with Crippen LogP contribution in [0.5, 0.6) is 0 Å². The Bertz CT molecular complexity index is 587. The van der Waals surface area contributed by atoms with Crippen molar-refractivity contribution in [1.82, 2.24) is 9.80 Å². The Hall–Kier alpha value is -2.39. The standard InChI is InChI=1S/C16H19N3O3/c17-6-3-7-18-8-10-19(11-9-18)15(20)12-13-4-1-2-5-14(13)16(21)22/h1-2,4-5H,3,7-12H2,(H,21,22). The summed E-state index contributed by atoms with van der Waals surface area (Å²) in [6.45, 7) is 3.50. The summed E-state index contributed by atoms with van der Waals surface area (Å²) in [4.78, 5) is 27.4. The molecule has 1 aliphatic heterocycles. The van der Waals surface area contributed by atoms with Crippen LogP contribution in [0.25, 0.3) is 0 Å². The molecule has 2 rings (SSSR count). The first-order chi connectivity index (χ1) is 10.6. The molecule has 0 aliphatic carbocycles. The van der Waals surface area contributed by atoms with Gasteiger partial charge in [-0.25, -0.2) is 4.79 Å². The molecule has 0 saturated carbocycles. The molecule has 6 nitrogen and oxygen atoms in total. The van der Waals surface area contributed by atoms with E-state index in [0.29, 0.717) is 25.1 Å². The predicted octanol–water partition coefficient (Wildman–Crippen LogP) is 0.985. The number of carboxylic acids is 1. The number of hydrogen-bond donors (Lipinski definition) is 1. The van der Waals surface area contributed by atoms with Gasteiger partial charge in [-0.15, -0.1) is 0 Å². The van der Waals surface area contributed by atoms with Gasteiger partial charge in [0.2, 0.25) is 5.91 Å². The van der Waals surface area contributed by atoms with Crippen LogP contribution in [0, 0.1) is 11.3 Å². The molecule has 1 aliphatic rings. The molecule has 0 unspecified atom stereocenters. The zero-order chi connectivity index (χ0) is 15.9. The summed E-state index contributed by atoms with van der Waals surface area (Å²) < 4.78 is 0. The predicted molar refractivity (Wildman–Crippen MR) is 80.4 cm³/mol. The lowest BCUT2D eigenvalue weighted by Crippen LogP contribution is -2.49. The number of carbonyl (C=O) groups excluding carboxylic acids is 1. The molecule has 1 heterocycles. The highest BCUT2D eigenvalue weighted by molar-refractivity contribution is 5.91. The molecule has 1 fully saturated rings. The van der Waals surface area contributed by atoms with Gasteiger partial charge in [-0.2, -0.15) is 5.26 Å². The Kier molecular flexibility index (Phi) is 5.50. The van der Waals surface area contributed by atoms with E-state index in [1.807, 2.05) is 0 Å². The van der Waals surface area contributed by atoms with Crippen molar-refractivity contribution in [3.63, 3.8) is 0 Å². The summed E-state index contributed by atoms with van der Waals surface area (Å²) >= 11 is 0. The summed E-state index contributed by atoms with van der Waals surface area (Å²) in [7, 11) is 0. The molecular formula is C16H19N3O3. The van der Waals surface area contributed by atoms with Crippen LogP contribution >= 0.6 is 0 Å². The van der Waals surface area contributed by atoms with Crippen molar-refractivity contribution < 1.29 is 14.7 Å². The Morgan fingerprint density at radius 2 is 1.86 bits per heavy atom. The zero-order valence-corrected chi connectivity index (χ0v) is 12.4. The molecule has 1 N–H and O–H groups in total. The second-order valence-corrected chi connectivity index (χ2v) is 5.27. The Morgan fingerprint density at radius 1 is 1.18 bits per heavy atom. The first kappa shape index (κ1) is 16.0. The monoisotopic (exact) mass is 301 g/mol. The molecule has 6 heteroatoms. The lowest BCUT2D eigenvalue weighted by Gasteiger charge is -2.34. The van der Waals surface area contributed by atoms with Crippen LogP contribution in [0.4, 0.5) is 0 Å². The molecule has 0 atom stereocenters. The fraction of sp³-hybridized carbons (Fsp3) is 0.438. The molecule has 0 radical (unpaired) electrons. The quantitative estimate of drug-likeness (QED) is 0.876. The van der Waals surface area contributed by atoms with Crippen LogP contribution in [0.15, 0.2) is 24.3 Å². The van der Waals surface area contributed by atoms with Gasteiger partial charge in [0.1, 0.15) is 0 Å². The van der Waals surface area contributed by atoms with E-state index in [-0.39, 0.29) is 17.9 Å². The molecule has 0 bridgehead atoms. The fourth-order valence-electron chi connectivity index (χ4n) is 2.59. The second-order valence-electron chi connectivity index (χ2n) is 5.27. The van der Waals surface area contributed by atoms with E-state index in [4.69, 9.17) is 10.4 Å². The number of piperazine rings is 1. The van der Waals surface area contributed by atoms with Crippen molar-refractivity contribution in [3.05, 3.63) is 35.4 Å². The molecular weight excluding hydrogens is 282 g/mol. The highest BCUT2D eigenvalue weighted by Gasteiger charge is 2.22. The molecule has 1 amide bonds. The van der Waals surface area contributed by atoms with Crippen LogP contribution < -0.4 is 0 Å². The van der Waals surface area contributed by atoms with Gasteiger partial charge in [-0.05, 0) is 11.6 Å². The van der Waals surface area contributed by atoms with E-state index < -0.39 is 5.97 Å². The number of amides is 1. The zero-order valence-electron chi connectivity index (χ0n) is 12.4. The number of carbonyl (C=O) groups is 2. The van der Waals surface area contributed by atoms with Crippen LogP contribution in [-0.2, 0) is 11.2 Å². The minimum Gasteiger partial charge on any atom is -0.478 e. The van der Waals surface area contributed by atoms with Crippen molar-refractivity contribution in [1.29, 1.82) is 5.26 Å². The molecule has 1 aromatic rings. The molecule has 1 saturated heterocycles. The SMILES string of the molecule is N#CCCN1CCN(C(=O)Cc2ccccc2C(=O)O)CC1. The summed E-state index contributed by atoms with van der Waals surface area (Å²) in [5.41, 5.74) is 0.732. The van der Waals surface area contributed by atoms with E-state index in [9.17, 15) is 9.59 Å². The molecule has 1 aromatic carbocycles. The molecule has 116 valence electrons. The highest BCUT2D eigenvalue weighted by atomic mass is 16.4. The fourth-order valence-corrected chi connectivity index (χ4v) is 2.59. The minimum absolute atomic E-state index is 0.0476. The summed E-state index contributed by atoms with van der Waals surface area (Å²) in [5.74, 6) is -1.06. The maximum atomic E-state index is 12.3. The lowest BCUT2D eigenvalue weighted by molar-refractivity contribution is -0.132. The van der Waals surface area contributed by atoms with E-state index in [1.165, 1.54) is 6.07 Å². The number of hydrogen-bond acceptors (Lipinski definition) is 4. The van der Waals surface area contributed by atoms with Gasteiger partial charge in [0.25, 0.3) is 0 Å². The van der Waals surface area contributed by atoms with Crippen LogP contribution in [0.1, 0.15) is 22.3 Å². The third kappa shape index (κ3) is 4.06. The normalized spacial score (nSPS) is 15.3. The maximum Gasteiger partial charge on any atom is 0.335 e. The first-order valence-electron chi connectivity index (χ1n) is 7.30. The third-order valence-electron chi connectivity index (χ3n) is 3.85. The van der Waals surface area contributed by atoms with Gasteiger partial charge >= 0.3 is 5.97 Å². The van der Waals surface area contributed by atoms with E-state index in [2.05, 4.69) is 11.0 Å². The first-order valence-corrected chi connectivity index (χ1v) is 7.30. The van der Waals surface area contributed by atoms with Gasteiger partial charge in [-0.3, -0.25) is 9.69 Å². The van der Waals surface area contributed by atoms with Gasteiger partial charge in [0.05, 0.1) is 18.1 Å². The Morgan fingerprint density at radius 3 is 2.50 bits per heavy atom. The second kappa shape index (κ2) is 7.57. The van der Waals surface area contributed by atoms with Gasteiger partial charge in [0.15, 0.2) is 0 Å². The topological polar surface area (TPSA) is 84.6 Å². The van der Waals surface area contributed by atoms with E-state index >= 15 is 0 Å². The highest BCUT2D eigenvalue weighted by Crippen LogP contribution is 2.12. The lowest BCUT2D eigenvalue weighted by atomic mass is 10.0. The Labute approximate surface area is 129 Å². The minimum atomic E-state index is -1.01. The van der Waals surface area contributed by atoms with Crippen molar-refractivity contribution in [2.45, 2.75) is 12.8 Å². The van der Waals surface area contributed by atoms with E-state index in [0.717, 1.165) is 19.6 Å². The van der Waals surface area contributed by atoms with Gasteiger partial charge < -0.3 is 10.0 Å². The number of benzene rings is 1. The number of rotatable bonds is 5. The van der Waals surface area contributed by atoms with Crippen molar-refractivity contribution >= 4 is 11.9 Å². The summed E-state index contributed by atoms with van der Waals surface area (Å²) in [6, 6.07) is 8.73. The number of carboxylic acid groups (broad SMARTS) is 1. The van der Waals surface area contributed by atoms with Gasteiger partial charge in [0, 0.05) is 39.1 Å². The molecule has 22 heavy (non-hydrogen) atoms. The van der Waals surface area contributed by atoms with Crippen molar-refractivity contribution in [2.24, 2.45) is 0 Å². The molecule has 0 spiro atoms. The van der Waals surface area contributed by atoms with E-state index in [1.54, 1.807) is 23.1 Å². The third-order valence-corrected chi connectivity index (χ3v) is 3.85. The summed E-state index contributed by atoms with van der Waals surface area (Å²) in [6.07, 6.45) is 0.612. The average Bonchev–Trinajstić information content (AvgIpc) is 2.53. The van der Waals surface area contributed by atoms with Crippen LogP contribution in [0.2, 0.25) is 0 Å². The summed E-state index contributed by atoms with van der Waals surface area (Å²) in [5, 5.41) is 17.7. The van der Waals surface area contributed by atoms with Crippen molar-refractivity contribution in [2.75, 3.05) is 32.7 Å². The largest absolute Gasteiger partial charge is 0.478 e. The maximum absolute atomic E-state index is 12.3. The van der Waals surface area contributed by atoms with Crippen LogP contribution in [0.3, 0.4) is 0 Å². The smallest absolute Gasteiger partial charge is 0.335 e.